The summed E-state index contributed by atoms with van der Waals surface area (Å²) in [7, 11) is 0. The Bertz CT molecular complexity index is 1470. The lowest BCUT2D eigenvalue weighted by Crippen LogP contribution is -2.49. The van der Waals surface area contributed by atoms with Gasteiger partial charge in [-0.1, -0.05) is 13.0 Å². The second-order valence-corrected chi connectivity index (χ2v) is 10.6. The number of nitrogens with zero attached hydrogens (tertiary/aromatic N) is 6. The largest absolute Gasteiger partial charge is 0.369 e. The van der Waals surface area contributed by atoms with Crippen molar-refractivity contribution >= 4 is 16.6 Å². The Balaban J connectivity index is 1.58. The van der Waals surface area contributed by atoms with Gasteiger partial charge in [0.2, 0.25) is 0 Å². The molecule has 1 aliphatic rings. The van der Waals surface area contributed by atoms with Crippen LogP contribution in [0.4, 0.5) is 10.1 Å². The van der Waals surface area contributed by atoms with E-state index in [0.29, 0.717) is 24.5 Å². The Morgan fingerprint density at radius 2 is 1.76 bits per heavy atom. The van der Waals surface area contributed by atoms with Gasteiger partial charge in [0.05, 0.1) is 5.54 Å². The number of tetrazole rings is 1. The van der Waals surface area contributed by atoms with Crippen molar-refractivity contribution < 1.29 is 4.39 Å². The Kier molecular flexibility index (Phi) is 6.58. The van der Waals surface area contributed by atoms with Crippen molar-refractivity contribution in [3.05, 3.63) is 81.2 Å². The van der Waals surface area contributed by atoms with E-state index in [2.05, 4.69) is 64.1 Å². The maximum Gasteiger partial charge on any atom is 0.253 e. The van der Waals surface area contributed by atoms with Crippen molar-refractivity contribution in [3.8, 4) is 0 Å². The molecule has 2 aromatic heterocycles. The van der Waals surface area contributed by atoms with Crippen LogP contribution in [0.25, 0.3) is 10.9 Å². The van der Waals surface area contributed by atoms with Gasteiger partial charge in [-0.25, -0.2) is 9.07 Å². The van der Waals surface area contributed by atoms with E-state index in [1.54, 1.807) is 0 Å². The summed E-state index contributed by atoms with van der Waals surface area (Å²) in [5.41, 5.74) is 4.23. The molecule has 2 aromatic carbocycles. The van der Waals surface area contributed by atoms with E-state index in [0.717, 1.165) is 47.2 Å². The maximum absolute atomic E-state index is 13.6. The number of rotatable bonds is 6. The van der Waals surface area contributed by atoms with Gasteiger partial charge in [-0.2, -0.15) is 0 Å². The fourth-order valence-electron chi connectivity index (χ4n) is 5.23. The first-order valence-electron chi connectivity index (χ1n) is 12.9. The second-order valence-electron chi connectivity index (χ2n) is 10.6. The normalized spacial score (nSPS) is 15.9. The van der Waals surface area contributed by atoms with E-state index in [-0.39, 0.29) is 16.9 Å². The fraction of sp³-hybridized carbons (Fsp3) is 0.429. The molecule has 194 valence electrons. The molecule has 1 N–H and O–H groups in total. The lowest BCUT2D eigenvalue weighted by molar-refractivity contribution is 0.186. The molecule has 0 amide bonds. The predicted molar refractivity (Wildman–Crippen MR) is 144 cm³/mol. The number of pyridine rings is 1. The standard InChI is InChI=1S/C28H34FN7O/c1-6-28(4,5)36-26(31-32-33-36)25(23-17-22-19(3)15-18(2)16-24(22)30-27(23)37)35-13-11-34(12-14-35)21-9-7-20(29)8-10-21/h7-10,15-17,25H,6,11-14H2,1-5H3,(H,30,37)/t25-/m1/s1. The SMILES string of the molecule is CCC(C)(C)n1nnnc1[C@@H](c1cc2c(C)cc(C)cc2[nH]c1=O)N1CCN(c2ccc(F)cc2)CC1. The minimum atomic E-state index is -0.412. The van der Waals surface area contributed by atoms with Gasteiger partial charge in [-0.3, -0.25) is 9.69 Å². The van der Waals surface area contributed by atoms with Gasteiger partial charge in [0.15, 0.2) is 5.82 Å². The number of H-pyrrole nitrogens is 1. The molecule has 0 radical (unpaired) electrons. The summed E-state index contributed by atoms with van der Waals surface area (Å²) in [4.78, 5) is 21.2. The number of hydrogen-bond donors (Lipinski definition) is 1. The van der Waals surface area contributed by atoms with E-state index < -0.39 is 6.04 Å². The third-order valence-electron chi connectivity index (χ3n) is 7.68. The van der Waals surface area contributed by atoms with Crippen LogP contribution < -0.4 is 10.5 Å². The van der Waals surface area contributed by atoms with E-state index in [1.165, 1.54) is 12.1 Å². The minimum absolute atomic E-state index is 0.132. The lowest BCUT2D eigenvalue weighted by Gasteiger charge is -2.40. The monoisotopic (exact) mass is 503 g/mol. The van der Waals surface area contributed by atoms with Gasteiger partial charge >= 0.3 is 0 Å². The van der Waals surface area contributed by atoms with Crippen molar-refractivity contribution in [3.63, 3.8) is 0 Å². The van der Waals surface area contributed by atoms with Crippen LogP contribution in [0.3, 0.4) is 0 Å². The summed E-state index contributed by atoms with van der Waals surface area (Å²) < 4.78 is 15.3. The molecule has 4 aromatic rings. The summed E-state index contributed by atoms with van der Waals surface area (Å²) in [6.45, 7) is 13.3. The van der Waals surface area contributed by atoms with Crippen LogP contribution in [0.1, 0.15) is 55.7 Å². The van der Waals surface area contributed by atoms with Crippen molar-refractivity contribution in [2.45, 2.75) is 52.6 Å². The van der Waals surface area contributed by atoms with E-state index in [9.17, 15) is 9.18 Å². The molecule has 37 heavy (non-hydrogen) atoms. The number of anilines is 1. The molecular formula is C28H34FN7O. The number of fused-ring (bicyclic) bond motifs is 1. The Morgan fingerprint density at radius 3 is 2.43 bits per heavy atom. The zero-order chi connectivity index (χ0) is 26.3. The number of halogens is 1. The first-order valence-corrected chi connectivity index (χ1v) is 12.9. The van der Waals surface area contributed by atoms with Gasteiger partial charge in [-0.05, 0) is 92.1 Å². The molecule has 1 fully saturated rings. The predicted octanol–water partition coefficient (Wildman–Crippen LogP) is 4.33. The van der Waals surface area contributed by atoms with Crippen LogP contribution in [-0.4, -0.2) is 56.3 Å². The summed E-state index contributed by atoms with van der Waals surface area (Å²) in [6, 6.07) is 12.3. The number of hydrogen-bond acceptors (Lipinski definition) is 6. The lowest BCUT2D eigenvalue weighted by atomic mass is 9.97. The van der Waals surface area contributed by atoms with Crippen LogP contribution in [0, 0.1) is 19.7 Å². The fourth-order valence-corrected chi connectivity index (χ4v) is 5.23. The topological polar surface area (TPSA) is 82.9 Å². The Morgan fingerprint density at radius 1 is 1.05 bits per heavy atom. The molecule has 0 saturated carbocycles. The number of aromatic amines is 1. The van der Waals surface area contributed by atoms with E-state index >= 15 is 0 Å². The van der Waals surface area contributed by atoms with Gasteiger partial charge in [0.1, 0.15) is 11.9 Å². The molecule has 5 rings (SSSR count). The molecule has 1 atom stereocenters. The Labute approximate surface area is 216 Å². The number of aromatic nitrogens is 5. The van der Waals surface area contributed by atoms with Crippen LogP contribution in [0.2, 0.25) is 0 Å². The Hall–Kier alpha value is -3.59. The van der Waals surface area contributed by atoms with Crippen molar-refractivity contribution in [1.29, 1.82) is 0 Å². The molecule has 8 nitrogen and oxygen atoms in total. The maximum atomic E-state index is 13.6. The highest BCUT2D eigenvalue weighted by molar-refractivity contribution is 5.83. The zero-order valence-electron chi connectivity index (χ0n) is 22.1. The van der Waals surface area contributed by atoms with Gasteiger partial charge < -0.3 is 9.88 Å². The van der Waals surface area contributed by atoms with Crippen molar-refractivity contribution in [1.82, 2.24) is 30.1 Å². The molecule has 0 bridgehead atoms. The van der Waals surface area contributed by atoms with Crippen molar-refractivity contribution in [2.24, 2.45) is 0 Å². The highest BCUT2D eigenvalue weighted by Gasteiger charge is 2.35. The van der Waals surface area contributed by atoms with Crippen LogP contribution >= 0.6 is 0 Å². The van der Waals surface area contributed by atoms with Gasteiger partial charge in [-0.15, -0.1) is 5.10 Å². The second kappa shape index (κ2) is 9.70. The third kappa shape index (κ3) is 4.75. The summed E-state index contributed by atoms with van der Waals surface area (Å²) in [6.07, 6.45) is 0.836. The molecular weight excluding hydrogens is 469 g/mol. The van der Waals surface area contributed by atoms with Gasteiger partial charge in [0.25, 0.3) is 5.56 Å². The smallest absolute Gasteiger partial charge is 0.253 e. The zero-order valence-corrected chi connectivity index (χ0v) is 22.1. The molecule has 1 aliphatic heterocycles. The number of benzene rings is 2. The summed E-state index contributed by atoms with van der Waals surface area (Å²) in [5.74, 6) is 0.422. The average Bonchev–Trinajstić information content (AvgIpc) is 3.36. The van der Waals surface area contributed by atoms with Crippen LogP contribution in [-0.2, 0) is 5.54 Å². The highest BCUT2D eigenvalue weighted by atomic mass is 19.1. The first kappa shape index (κ1) is 25.1. The highest BCUT2D eigenvalue weighted by Crippen LogP contribution is 2.32. The quantitative estimate of drug-likeness (QED) is 0.422. The van der Waals surface area contributed by atoms with E-state index in [1.807, 2.05) is 35.9 Å². The third-order valence-corrected chi connectivity index (χ3v) is 7.68. The van der Waals surface area contributed by atoms with E-state index in [4.69, 9.17) is 0 Å². The van der Waals surface area contributed by atoms with Crippen LogP contribution in [0.15, 0.2) is 47.3 Å². The number of nitrogens with one attached hydrogen (secondary N) is 1. The van der Waals surface area contributed by atoms with Gasteiger partial charge in [0, 0.05) is 48.3 Å². The first-order chi connectivity index (χ1) is 17.7. The molecule has 9 heteroatoms. The molecule has 3 heterocycles. The number of piperazine rings is 1. The molecule has 0 aliphatic carbocycles. The van der Waals surface area contributed by atoms with Crippen molar-refractivity contribution in [2.75, 3.05) is 31.1 Å². The molecule has 0 unspecified atom stereocenters. The van der Waals surface area contributed by atoms with Crippen LogP contribution in [0.5, 0.6) is 0 Å². The summed E-state index contributed by atoms with van der Waals surface area (Å²) >= 11 is 0. The average molecular weight is 504 g/mol. The summed E-state index contributed by atoms with van der Waals surface area (Å²) in [5, 5.41) is 13.9. The molecule has 1 saturated heterocycles. The number of aryl methyl sites for hydroxylation is 2. The molecule has 0 spiro atoms. The minimum Gasteiger partial charge on any atom is -0.369 e.